The molecule has 3 rings (SSSR count). The molecule has 0 radical (unpaired) electrons. The Balaban J connectivity index is 1.59. The maximum absolute atomic E-state index is 12.4. The van der Waals surface area contributed by atoms with Crippen molar-refractivity contribution in [3.8, 4) is 5.75 Å². The smallest absolute Gasteiger partial charge is 0.311 e. The van der Waals surface area contributed by atoms with Gasteiger partial charge in [-0.1, -0.05) is 18.2 Å². The second kappa shape index (κ2) is 9.39. The maximum Gasteiger partial charge on any atom is 0.311 e. The molecule has 1 amide bonds. The normalized spacial score (nSPS) is 13.7. The van der Waals surface area contributed by atoms with Crippen LogP contribution >= 0.6 is 0 Å². The highest BCUT2D eigenvalue weighted by atomic mass is 16.6. The number of aryl methyl sites for hydroxylation is 2. The Hall–Kier alpha value is -3.42. The van der Waals surface area contributed by atoms with Gasteiger partial charge in [-0.25, -0.2) is 0 Å². The number of amides is 1. The highest BCUT2D eigenvalue weighted by Gasteiger charge is 2.21. The van der Waals surface area contributed by atoms with Gasteiger partial charge in [0, 0.05) is 6.07 Å². The standard InChI is InChI=1S/C22H24N2O6/c1-14(22(26)23-19-10-9-18(24(27)28)13-20(19)29-2)30-21(25)12-15-7-8-16-5-3-4-6-17(16)11-15/h7-11,13-14H,3-6,12H2,1-2H3,(H,23,26)/t14-/m0/s1. The number of fused-ring (bicyclic) bond motifs is 1. The number of nitrogens with one attached hydrogen (secondary N) is 1. The molecule has 2 aromatic carbocycles. The molecule has 0 spiro atoms. The molecule has 0 aliphatic heterocycles. The lowest BCUT2D eigenvalue weighted by Gasteiger charge is -2.17. The number of nitrogens with zero attached hydrogens (tertiary/aromatic N) is 1. The molecule has 1 aliphatic rings. The molecule has 0 saturated heterocycles. The minimum Gasteiger partial charge on any atom is -0.494 e. The van der Waals surface area contributed by atoms with Gasteiger partial charge in [0.05, 0.1) is 30.2 Å². The fourth-order valence-corrected chi connectivity index (χ4v) is 3.49. The summed E-state index contributed by atoms with van der Waals surface area (Å²) < 4.78 is 10.4. The van der Waals surface area contributed by atoms with Crippen molar-refractivity contribution in [2.75, 3.05) is 12.4 Å². The zero-order chi connectivity index (χ0) is 21.7. The van der Waals surface area contributed by atoms with Crippen molar-refractivity contribution in [2.24, 2.45) is 0 Å². The van der Waals surface area contributed by atoms with E-state index in [1.807, 2.05) is 12.1 Å². The van der Waals surface area contributed by atoms with Crippen molar-refractivity contribution in [1.82, 2.24) is 0 Å². The number of benzene rings is 2. The number of methoxy groups -OCH3 is 1. The number of nitro groups is 1. The average Bonchev–Trinajstić information content (AvgIpc) is 2.73. The summed E-state index contributed by atoms with van der Waals surface area (Å²) in [7, 11) is 1.34. The third-order valence-corrected chi connectivity index (χ3v) is 5.09. The lowest BCUT2D eigenvalue weighted by Crippen LogP contribution is -2.30. The van der Waals surface area contributed by atoms with Crippen LogP contribution in [0, 0.1) is 10.1 Å². The topological polar surface area (TPSA) is 108 Å². The van der Waals surface area contributed by atoms with Crippen LogP contribution in [0.1, 0.15) is 36.5 Å². The molecule has 158 valence electrons. The average molecular weight is 412 g/mol. The summed E-state index contributed by atoms with van der Waals surface area (Å²) in [5, 5.41) is 13.4. The van der Waals surface area contributed by atoms with E-state index in [-0.39, 0.29) is 23.5 Å². The zero-order valence-electron chi connectivity index (χ0n) is 17.0. The van der Waals surface area contributed by atoms with Crippen LogP contribution in [0.3, 0.4) is 0 Å². The number of rotatable bonds is 7. The van der Waals surface area contributed by atoms with Crippen LogP contribution in [-0.2, 0) is 33.6 Å². The van der Waals surface area contributed by atoms with Crippen molar-refractivity contribution < 1.29 is 24.0 Å². The van der Waals surface area contributed by atoms with Gasteiger partial charge in [-0.05, 0) is 55.4 Å². The number of carbonyl (C=O) groups is 2. The summed E-state index contributed by atoms with van der Waals surface area (Å²) in [4.78, 5) is 35.0. The lowest BCUT2D eigenvalue weighted by molar-refractivity contribution is -0.384. The third-order valence-electron chi connectivity index (χ3n) is 5.09. The molecule has 0 fully saturated rings. The van der Waals surface area contributed by atoms with Gasteiger partial charge in [0.15, 0.2) is 6.10 Å². The predicted molar refractivity (Wildman–Crippen MR) is 111 cm³/mol. The first-order chi connectivity index (χ1) is 14.4. The van der Waals surface area contributed by atoms with Gasteiger partial charge in [0.2, 0.25) is 0 Å². The van der Waals surface area contributed by atoms with Gasteiger partial charge in [-0.2, -0.15) is 0 Å². The summed E-state index contributed by atoms with van der Waals surface area (Å²) >= 11 is 0. The van der Waals surface area contributed by atoms with Crippen molar-refractivity contribution in [2.45, 2.75) is 45.1 Å². The minimum atomic E-state index is -1.03. The monoisotopic (exact) mass is 412 g/mol. The molecule has 0 bridgehead atoms. The number of carbonyl (C=O) groups excluding carboxylic acids is 2. The van der Waals surface area contributed by atoms with Gasteiger partial charge in [0.1, 0.15) is 5.75 Å². The number of non-ortho nitro benzene ring substituents is 1. The van der Waals surface area contributed by atoms with Crippen LogP contribution in [0.25, 0.3) is 0 Å². The molecule has 8 nitrogen and oxygen atoms in total. The van der Waals surface area contributed by atoms with Crippen LogP contribution in [-0.4, -0.2) is 30.0 Å². The Kier molecular flexibility index (Phi) is 6.66. The molecule has 0 saturated carbocycles. The number of hydrogen-bond donors (Lipinski definition) is 1. The van der Waals surface area contributed by atoms with Gasteiger partial charge < -0.3 is 14.8 Å². The van der Waals surface area contributed by atoms with Gasteiger partial charge in [-0.15, -0.1) is 0 Å². The molecule has 8 heteroatoms. The SMILES string of the molecule is COc1cc([N+](=O)[O-])ccc1NC(=O)[C@H](C)OC(=O)Cc1ccc2c(c1)CCCC2. The van der Waals surface area contributed by atoms with Gasteiger partial charge in [-0.3, -0.25) is 19.7 Å². The van der Waals surface area contributed by atoms with E-state index in [4.69, 9.17) is 9.47 Å². The summed E-state index contributed by atoms with van der Waals surface area (Å²) in [6.45, 7) is 1.47. The first-order valence-corrected chi connectivity index (χ1v) is 9.81. The summed E-state index contributed by atoms with van der Waals surface area (Å²) in [6.07, 6.45) is 3.50. The van der Waals surface area contributed by atoms with Gasteiger partial charge in [0.25, 0.3) is 11.6 Å². The number of ether oxygens (including phenoxy) is 2. The summed E-state index contributed by atoms with van der Waals surface area (Å²) in [5.41, 5.74) is 3.58. The Morgan fingerprint density at radius 1 is 1.13 bits per heavy atom. The highest BCUT2D eigenvalue weighted by molar-refractivity contribution is 5.96. The first kappa shape index (κ1) is 21.3. The summed E-state index contributed by atoms with van der Waals surface area (Å²) in [5.74, 6) is -0.907. The molecule has 2 aromatic rings. The van der Waals surface area contributed by atoms with Crippen molar-refractivity contribution in [3.05, 3.63) is 63.2 Å². The minimum absolute atomic E-state index is 0.0890. The Bertz CT molecular complexity index is 972. The van der Waals surface area contributed by atoms with E-state index in [2.05, 4.69) is 11.4 Å². The highest BCUT2D eigenvalue weighted by Crippen LogP contribution is 2.29. The molecular weight excluding hydrogens is 388 g/mol. The maximum atomic E-state index is 12.4. The molecular formula is C22H24N2O6. The van der Waals surface area contributed by atoms with Gasteiger partial charge >= 0.3 is 5.97 Å². The van der Waals surface area contributed by atoms with E-state index in [9.17, 15) is 19.7 Å². The van der Waals surface area contributed by atoms with Crippen molar-refractivity contribution >= 4 is 23.3 Å². The fourth-order valence-electron chi connectivity index (χ4n) is 3.49. The van der Waals surface area contributed by atoms with Crippen LogP contribution in [0.15, 0.2) is 36.4 Å². The second-order valence-electron chi connectivity index (χ2n) is 7.25. The number of anilines is 1. The predicted octanol–water partition coefficient (Wildman–Crippen LogP) is 3.60. The number of hydrogen-bond acceptors (Lipinski definition) is 6. The van der Waals surface area contributed by atoms with Crippen molar-refractivity contribution in [1.29, 1.82) is 0 Å². The van der Waals surface area contributed by atoms with E-state index in [1.54, 1.807) is 0 Å². The number of esters is 1. The number of nitro benzene ring substituents is 1. The molecule has 30 heavy (non-hydrogen) atoms. The molecule has 1 aliphatic carbocycles. The largest absolute Gasteiger partial charge is 0.494 e. The van der Waals surface area contributed by atoms with E-state index < -0.39 is 22.9 Å². The fraction of sp³-hybridized carbons (Fsp3) is 0.364. The molecule has 0 unspecified atom stereocenters. The lowest BCUT2D eigenvalue weighted by atomic mass is 9.90. The van der Waals surface area contributed by atoms with E-state index >= 15 is 0 Å². The molecule has 1 N–H and O–H groups in total. The summed E-state index contributed by atoms with van der Waals surface area (Å²) in [6, 6.07) is 9.87. The molecule has 1 atom stereocenters. The van der Waals surface area contributed by atoms with E-state index in [1.165, 1.54) is 49.8 Å². The third kappa shape index (κ3) is 5.14. The Morgan fingerprint density at radius 3 is 2.57 bits per heavy atom. The quantitative estimate of drug-likeness (QED) is 0.423. The second-order valence-corrected chi connectivity index (χ2v) is 7.25. The molecule has 0 aromatic heterocycles. The van der Waals surface area contributed by atoms with Crippen LogP contribution in [0.5, 0.6) is 5.75 Å². The van der Waals surface area contributed by atoms with Crippen LogP contribution in [0.2, 0.25) is 0 Å². The van der Waals surface area contributed by atoms with Crippen LogP contribution < -0.4 is 10.1 Å². The van der Waals surface area contributed by atoms with E-state index in [0.29, 0.717) is 0 Å². The van der Waals surface area contributed by atoms with Crippen molar-refractivity contribution in [3.63, 3.8) is 0 Å². The van der Waals surface area contributed by atoms with Crippen LogP contribution in [0.4, 0.5) is 11.4 Å². The van der Waals surface area contributed by atoms with E-state index in [0.717, 1.165) is 24.8 Å². The molecule has 0 heterocycles. The first-order valence-electron chi connectivity index (χ1n) is 9.81. The zero-order valence-corrected chi connectivity index (χ0v) is 17.0. The Labute approximate surface area is 174 Å². The Morgan fingerprint density at radius 2 is 1.87 bits per heavy atom.